The SMILES string of the molecule is C[C@@H]1C[C@](O)(C#C[C@]2(O)C[C@H](C)[NH+](C)C[C@@H]2C)[C@H](C)C[NH+]1C. The van der Waals surface area contributed by atoms with E-state index in [1.54, 1.807) is 0 Å². The van der Waals surface area contributed by atoms with E-state index in [1.807, 2.05) is 0 Å². The van der Waals surface area contributed by atoms with Gasteiger partial charge in [-0.15, -0.1) is 0 Å². The van der Waals surface area contributed by atoms with E-state index >= 15 is 0 Å². The van der Waals surface area contributed by atoms with Crippen LogP contribution in [0.3, 0.4) is 0 Å². The van der Waals surface area contributed by atoms with E-state index in [2.05, 4.69) is 53.6 Å². The monoisotopic (exact) mass is 310 g/mol. The number of quaternary nitrogens is 2. The van der Waals surface area contributed by atoms with Crippen molar-refractivity contribution < 1.29 is 20.0 Å². The number of piperidine rings is 2. The maximum atomic E-state index is 11.0. The van der Waals surface area contributed by atoms with E-state index in [4.69, 9.17) is 0 Å². The Morgan fingerprint density at radius 3 is 1.41 bits per heavy atom. The lowest BCUT2D eigenvalue weighted by Crippen LogP contribution is -3.15. The zero-order chi connectivity index (χ0) is 16.7. The topological polar surface area (TPSA) is 49.3 Å². The van der Waals surface area contributed by atoms with Gasteiger partial charge in [0.1, 0.15) is 11.2 Å². The first-order valence-corrected chi connectivity index (χ1v) is 8.71. The fourth-order valence-corrected chi connectivity index (χ4v) is 3.96. The Hall–Kier alpha value is -0.600. The van der Waals surface area contributed by atoms with Gasteiger partial charge in [-0.3, -0.25) is 0 Å². The predicted octanol–water partition coefficient (Wildman–Crippen LogP) is -1.66. The molecule has 0 bridgehead atoms. The van der Waals surface area contributed by atoms with E-state index in [0.717, 1.165) is 13.1 Å². The van der Waals surface area contributed by atoms with Crippen LogP contribution in [0.25, 0.3) is 0 Å². The molecule has 0 aromatic carbocycles. The van der Waals surface area contributed by atoms with Crippen LogP contribution in [-0.2, 0) is 0 Å². The molecule has 126 valence electrons. The number of hydrogen-bond donors (Lipinski definition) is 4. The van der Waals surface area contributed by atoms with Gasteiger partial charge >= 0.3 is 0 Å². The van der Waals surface area contributed by atoms with E-state index in [-0.39, 0.29) is 11.8 Å². The van der Waals surface area contributed by atoms with Crippen LogP contribution in [0, 0.1) is 23.7 Å². The van der Waals surface area contributed by atoms with Crippen LogP contribution in [0.2, 0.25) is 0 Å². The van der Waals surface area contributed by atoms with Gasteiger partial charge in [0.05, 0.1) is 39.3 Å². The molecule has 22 heavy (non-hydrogen) atoms. The van der Waals surface area contributed by atoms with Crippen LogP contribution in [0.4, 0.5) is 0 Å². The van der Waals surface area contributed by atoms with Crippen molar-refractivity contribution in [2.75, 3.05) is 27.2 Å². The summed E-state index contributed by atoms with van der Waals surface area (Å²) < 4.78 is 0. The Kier molecular flexibility index (Phi) is 4.94. The summed E-state index contributed by atoms with van der Waals surface area (Å²) in [4.78, 5) is 2.89. The fourth-order valence-electron chi connectivity index (χ4n) is 3.96. The third kappa shape index (κ3) is 3.33. The first-order valence-electron chi connectivity index (χ1n) is 8.71. The summed E-state index contributed by atoms with van der Waals surface area (Å²) in [5.41, 5.74) is -1.93. The van der Waals surface area contributed by atoms with Crippen LogP contribution in [-0.4, -0.2) is 60.7 Å². The number of hydrogen-bond acceptors (Lipinski definition) is 2. The summed E-state index contributed by atoms with van der Waals surface area (Å²) in [5.74, 6) is 6.47. The first-order chi connectivity index (χ1) is 10.1. The number of likely N-dealkylation sites (tertiary alicyclic amines) is 2. The van der Waals surface area contributed by atoms with Gasteiger partial charge in [-0.2, -0.15) is 0 Å². The normalized spacial score (nSPS) is 52.7. The van der Waals surface area contributed by atoms with Crippen molar-refractivity contribution in [2.45, 2.75) is 63.8 Å². The van der Waals surface area contributed by atoms with Crippen LogP contribution in [0.1, 0.15) is 40.5 Å². The highest BCUT2D eigenvalue weighted by molar-refractivity contribution is 5.24. The summed E-state index contributed by atoms with van der Waals surface area (Å²) in [5, 5.41) is 21.9. The third-order valence-electron chi connectivity index (χ3n) is 6.30. The lowest BCUT2D eigenvalue weighted by Gasteiger charge is -2.42. The fraction of sp³-hybridized carbons (Fsp3) is 0.889. The van der Waals surface area contributed by atoms with Gasteiger partial charge in [0.2, 0.25) is 0 Å². The van der Waals surface area contributed by atoms with Gasteiger partial charge in [-0.1, -0.05) is 25.7 Å². The Morgan fingerprint density at radius 1 is 0.773 bits per heavy atom. The summed E-state index contributed by atoms with van der Waals surface area (Å²) in [6, 6.07) is 0.784. The van der Waals surface area contributed by atoms with E-state index in [9.17, 15) is 10.2 Å². The zero-order valence-corrected chi connectivity index (χ0v) is 15.0. The molecule has 2 aliphatic rings. The second-order valence-corrected chi connectivity index (χ2v) is 8.21. The maximum absolute atomic E-state index is 11.0. The number of nitrogens with one attached hydrogen (secondary N) is 2. The molecule has 0 aromatic rings. The summed E-state index contributed by atoms with van der Waals surface area (Å²) in [7, 11) is 4.34. The Bertz CT molecular complexity index is 431. The standard InChI is InChI=1S/C18H32N2O2/c1-13-11-19(5)15(3)9-17(13,21)7-8-18(22)10-16(4)20(6)12-14(18)2/h13-16,21-22H,9-12H2,1-6H3/p+2/t13-,14+,15-,16+,17-,18+. The van der Waals surface area contributed by atoms with Gasteiger partial charge in [0.15, 0.2) is 0 Å². The average molecular weight is 310 g/mol. The van der Waals surface area contributed by atoms with Crippen molar-refractivity contribution in [1.82, 2.24) is 0 Å². The number of rotatable bonds is 0. The maximum Gasteiger partial charge on any atom is 0.139 e. The Balaban J connectivity index is 2.20. The molecular weight excluding hydrogens is 276 g/mol. The lowest BCUT2D eigenvalue weighted by molar-refractivity contribution is -0.915. The van der Waals surface area contributed by atoms with Crippen LogP contribution in [0.5, 0.6) is 0 Å². The highest BCUT2D eigenvalue weighted by Crippen LogP contribution is 2.28. The molecule has 0 aromatic heterocycles. The predicted molar refractivity (Wildman–Crippen MR) is 87.7 cm³/mol. The van der Waals surface area contributed by atoms with Crippen molar-refractivity contribution in [2.24, 2.45) is 11.8 Å². The van der Waals surface area contributed by atoms with E-state index in [1.165, 1.54) is 9.80 Å². The largest absolute Gasteiger partial charge is 0.377 e. The third-order valence-corrected chi connectivity index (χ3v) is 6.30. The highest BCUT2D eigenvalue weighted by Gasteiger charge is 2.45. The second kappa shape index (κ2) is 6.13. The van der Waals surface area contributed by atoms with Crippen LogP contribution < -0.4 is 9.80 Å². The van der Waals surface area contributed by atoms with Crippen molar-refractivity contribution in [3.05, 3.63) is 0 Å². The molecule has 4 N–H and O–H groups in total. The van der Waals surface area contributed by atoms with Crippen LogP contribution in [0.15, 0.2) is 0 Å². The molecule has 0 saturated carbocycles. The van der Waals surface area contributed by atoms with Gasteiger partial charge in [-0.25, -0.2) is 0 Å². The summed E-state index contributed by atoms with van der Waals surface area (Å²) >= 11 is 0. The molecule has 0 radical (unpaired) electrons. The van der Waals surface area contributed by atoms with E-state index in [0.29, 0.717) is 24.9 Å². The van der Waals surface area contributed by atoms with Gasteiger partial charge in [0, 0.05) is 24.7 Å². The Labute approximate surface area is 135 Å². The molecule has 0 spiro atoms. The molecule has 2 saturated heterocycles. The molecule has 2 aliphatic heterocycles. The van der Waals surface area contributed by atoms with Crippen molar-refractivity contribution >= 4 is 0 Å². The molecule has 2 unspecified atom stereocenters. The van der Waals surface area contributed by atoms with Crippen molar-refractivity contribution in [1.29, 1.82) is 0 Å². The van der Waals surface area contributed by atoms with Crippen molar-refractivity contribution in [3.63, 3.8) is 0 Å². The average Bonchev–Trinajstić information content (AvgIpc) is 2.42. The minimum Gasteiger partial charge on any atom is -0.377 e. The molecular formula is C18H34N2O2+2. The highest BCUT2D eigenvalue weighted by atomic mass is 16.3. The molecule has 8 atom stereocenters. The van der Waals surface area contributed by atoms with Crippen molar-refractivity contribution in [3.8, 4) is 11.8 Å². The smallest absolute Gasteiger partial charge is 0.139 e. The Morgan fingerprint density at radius 2 is 1.09 bits per heavy atom. The molecule has 4 heteroatoms. The zero-order valence-electron chi connectivity index (χ0n) is 15.0. The first kappa shape index (κ1) is 17.7. The molecule has 4 nitrogen and oxygen atoms in total. The summed E-state index contributed by atoms with van der Waals surface area (Å²) in [6.07, 6.45) is 1.36. The van der Waals surface area contributed by atoms with Gasteiger partial charge < -0.3 is 20.0 Å². The van der Waals surface area contributed by atoms with E-state index < -0.39 is 11.2 Å². The minimum absolute atomic E-state index is 0.129. The quantitative estimate of drug-likeness (QED) is 0.405. The second-order valence-electron chi connectivity index (χ2n) is 8.21. The molecule has 2 rings (SSSR count). The molecule has 0 aliphatic carbocycles. The molecule has 0 amide bonds. The number of aliphatic hydroxyl groups is 2. The molecule has 2 fully saturated rings. The minimum atomic E-state index is -0.964. The summed E-state index contributed by atoms with van der Waals surface area (Å²) in [6.45, 7) is 10.3. The lowest BCUT2D eigenvalue weighted by atomic mass is 9.76. The molecule has 2 heterocycles. The van der Waals surface area contributed by atoms with Gasteiger partial charge in [0.25, 0.3) is 0 Å². The van der Waals surface area contributed by atoms with Gasteiger partial charge in [-0.05, 0) is 13.8 Å². The van der Waals surface area contributed by atoms with Crippen LogP contribution >= 0.6 is 0 Å².